The van der Waals surface area contributed by atoms with Crippen LogP contribution in [0.1, 0.15) is 54.5 Å². The van der Waals surface area contributed by atoms with Crippen molar-refractivity contribution in [2.75, 3.05) is 11.1 Å². The Balaban J connectivity index is 1.42. The Morgan fingerprint density at radius 1 is 1.23 bits per heavy atom. The maximum atomic E-state index is 13.3. The predicted octanol–water partition coefficient (Wildman–Crippen LogP) is 4.82. The van der Waals surface area contributed by atoms with Crippen LogP contribution in [0.15, 0.2) is 53.1 Å². The van der Waals surface area contributed by atoms with Crippen molar-refractivity contribution in [3.05, 3.63) is 71.2 Å². The number of amides is 1. The number of nitrogens with one attached hydrogen (secondary N) is 2. The second-order valence-electron chi connectivity index (χ2n) is 9.01. The number of H-pyrrole nitrogens is 1. The van der Waals surface area contributed by atoms with Crippen LogP contribution in [0.2, 0.25) is 0 Å². The van der Waals surface area contributed by atoms with Gasteiger partial charge in [0.2, 0.25) is 0 Å². The highest BCUT2D eigenvalue weighted by Gasteiger charge is 2.43. The van der Waals surface area contributed by atoms with Crippen LogP contribution in [0.5, 0.6) is 5.75 Å². The zero-order valence-corrected chi connectivity index (χ0v) is 19.3. The maximum Gasteiger partial charge on any atom is 0.254 e. The van der Waals surface area contributed by atoms with Crippen molar-refractivity contribution in [2.45, 2.75) is 38.2 Å². The van der Waals surface area contributed by atoms with Crippen molar-refractivity contribution in [1.29, 1.82) is 0 Å². The molecule has 9 nitrogen and oxygen atoms in total. The molecule has 10 heteroatoms. The number of nitrogen functional groups attached to an aromatic ring is 1. The number of ether oxygens (including phenoxy) is 1. The van der Waals surface area contributed by atoms with Crippen LogP contribution in [-0.4, -0.2) is 21.3 Å². The summed E-state index contributed by atoms with van der Waals surface area (Å²) < 4.78 is 24.7. The zero-order chi connectivity index (χ0) is 24.7. The molecule has 5 rings (SSSR count). The van der Waals surface area contributed by atoms with Crippen molar-refractivity contribution < 1.29 is 18.4 Å². The summed E-state index contributed by atoms with van der Waals surface area (Å²) >= 11 is 0. The highest BCUT2D eigenvalue weighted by Crippen LogP contribution is 2.48. The fourth-order valence-corrected chi connectivity index (χ4v) is 3.84. The van der Waals surface area contributed by atoms with Crippen molar-refractivity contribution in [3.63, 3.8) is 0 Å². The minimum Gasteiger partial charge on any atom is -0.484 e. The molecule has 0 bridgehead atoms. The van der Waals surface area contributed by atoms with E-state index in [9.17, 15) is 9.18 Å². The summed E-state index contributed by atoms with van der Waals surface area (Å²) in [6.45, 7) is 3.94. The van der Waals surface area contributed by atoms with E-state index in [0.717, 1.165) is 24.2 Å². The highest BCUT2D eigenvalue weighted by atomic mass is 19.1. The molecule has 35 heavy (non-hydrogen) atoms. The van der Waals surface area contributed by atoms with Gasteiger partial charge >= 0.3 is 0 Å². The number of nitrogens with zero attached hydrogens (tertiary/aromatic N) is 2. The van der Waals surface area contributed by atoms with Gasteiger partial charge in [-0.05, 0) is 49.6 Å². The molecule has 0 spiro atoms. The Morgan fingerprint density at radius 2 is 1.97 bits per heavy atom. The second-order valence-corrected chi connectivity index (χ2v) is 9.01. The van der Waals surface area contributed by atoms with Gasteiger partial charge in [-0.15, -0.1) is 0 Å². The zero-order valence-electron chi connectivity index (χ0n) is 19.3. The molecule has 2 heterocycles. The van der Waals surface area contributed by atoms with Crippen LogP contribution < -0.4 is 21.5 Å². The average molecular weight is 477 g/mol. The Kier molecular flexibility index (Phi) is 5.43. The van der Waals surface area contributed by atoms with Gasteiger partial charge in [-0.3, -0.25) is 9.89 Å². The number of hydrogen-bond acceptors (Lipinski definition) is 7. The number of carbonyl (C=O) groups is 1. The lowest BCUT2D eigenvalue weighted by Gasteiger charge is -2.17. The van der Waals surface area contributed by atoms with Crippen LogP contribution in [0.4, 0.5) is 21.7 Å². The van der Waals surface area contributed by atoms with Crippen LogP contribution >= 0.6 is 0 Å². The van der Waals surface area contributed by atoms with Gasteiger partial charge in [-0.1, -0.05) is 30.3 Å². The molecule has 1 fully saturated rings. The summed E-state index contributed by atoms with van der Waals surface area (Å²) in [5.41, 5.74) is 14.2. The van der Waals surface area contributed by atoms with E-state index in [2.05, 4.69) is 27.6 Å². The van der Waals surface area contributed by atoms with Crippen LogP contribution in [-0.2, 0) is 5.41 Å². The number of aromatic nitrogens is 3. The molecule has 0 radical (unpaired) electrons. The average Bonchev–Trinajstić information content (AvgIpc) is 3.21. The highest BCUT2D eigenvalue weighted by molar-refractivity contribution is 6.04. The smallest absolute Gasteiger partial charge is 0.254 e. The molecule has 180 valence electrons. The summed E-state index contributed by atoms with van der Waals surface area (Å²) in [5.74, 6) is 0.849. The number of hydrogen-bond donors (Lipinski definition) is 4. The third-order valence-electron chi connectivity index (χ3n) is 6.31. The minimum atomic E-state index is -0.673. The lowest BCUT2D eigenvalue weighted by molar-refractivity contribution is 0.100. The molecular weight excluding hydrogens is 451 g/mol. The first-order chi connectivity index (χ1) is 16.7. The second kappa shape index (κ2) is 8.46. The van der Waals surface area contributed by atoms with E-state index in [1.54, 1.807) is 36.4 Å². The molecule has 0 unspecified atom stereocenters. The Morgan fingerprint density at radius 3 is 2.66 bits per heavy atom. The number of nitrogens with two attached hydrogens (primary N) is 2. The molecule has 2 aromatic carbocycles. The normalized spacial score (nSPS) is 14.9. The summed E-state index contributed by atoms with van der Waals surface area (Å²) in [6, 6.07) is 12.9. The van der Waals surface area contributed by atoms with Crippen molar-refractivity contribution in [3.8, 4) is 17.0 Å². The predicted molar refractivity (Wildman–Crippen MR) is 129 cm³/mol. The number of rotatable bonds is 8. The van der Waals surface area contributed by atoms with Gasteiger partial charge in [0, 0.05) is 17.0 Å². The molecule has 1 aliphatic carbocycles. The van der Waals surface area contributed by atoms with E-state index in [4.69, 9.17) is 20.7 Å². The number of aromatic amines is 1. The SMILES string of the molecule is C[C@H](Oc1cc(-c2[nH]nc(Nc3cc(C4(C)CC4)on3)c2C(N)=O)ccc1N)c1ccc(F)cc1. The summed E-state index contributed by atoms with van der Waals surface area (Å²) in [6.07, 6.45) is 1.70. The quantitative estimate of drug-likeness (QED) is 0.267. The third-order valence-corrected chi connectivity index (χ3v) is 6.31. The molecule has 1 atom stereocenters. The summed E-state index contributed by atoms with van der Waals surface area (Å²) in [7, 11) is 0. The van der Waals surface area contributed by atoms with Gasteiger partial charge in [0.25, 0.3) is 5.91 Å². The van der Waals surface area contributed by atoms with Gasteiger partial charge in [-0.2, -0.15) is 5.10 Å². The molecule has 1 saturated carbocycles. The van der Waals surface area contributed by atoms with Crippen molar-refractivity contribution in [2.24, 2.45) is 5.73 Å². The van der Waals surface area contributed by atoms with Gasteiger partial charge in [0.1, 0.15) is 29.0 Å². The van der Waals surface area contributed by atoms with Gasteiger partial charge in [-0.25, -0.2) is 4.39 Å². The van der Waals surface area contributed by atoms with Gasteiger partial charge in [0.15, 0.2) is 11.6 Å². The maximum absolute atomic E-state index is 13.3. The fraction of sp³-hybridized carbons (Fsp3) is 0.240. The van der Waals surface area contributed by atoms with Crippen molar-refractivity contribution >= 4 is 23.2 Å². The molecule has 2 aromatic heterocycles. The number of anilines is 3. The molecule has 4 aromatic rings. The lowest BCUT2D eigenvalue weighted by Crippen LogP contribution is -2.13. The van der Waals surface area contributed by atoms with E-state index >= 15 is 0 Å². The largest absolute Gasteiger partial charge is 0.484 e. The Labute approximate surface area is 200 Å². The fourth-order valence-electron chi connectivity index (χ4n) is 3.84. The molecule has 0 aliphatic heterocycles. The lowest BCUT2D eigenvalue weighted by atomic mass is 10.1. The standard InChI is InChI=1S/C25H25FN6O3/c1-13(14-3-6-16(26)7-4-14)34-18-11-15(5-8-17(18)27)22-21(23(28)33)24(31-30-22)29-20-12-19(35-32-20)25(2)9-10-25/h3-8,11-13H,9-10,27H2,1-2H3,(H2,28,33)(H2,29,30,31,32)/t13-/m0/s1. The molecule has 1 amide bonds. The summed E-state index contributed by atoms with van der Waals surface area (Å²) in [4.78, 5) is 12.4. The Hall–Kier alpha value is -4.34. The first-order valence-electron chi connectivity index (χ1n) is 11.2. The van der Waals surface area contributed by atoms with Gasteiger partial charge in [0.05, 0.1) is 11.4 Å². The molecule has 1 aliphatic rings. The first kappa shape index (κ1) is 22.5. The molecular formula is C25H25FN6O3. The van der Waals surface area contributed by atoms with E-state index in [-0.39, 0.29) is 22.6 Å². The number of halogens is 1. The number of benzene rings is 2. The van der Waals surface area contributed by atoms with E-state index < -0.39 is 12.0 Å². The van der Waals surface area contributed by atoms with Crippen LogP contribution in [0.3, 0.4) is 0 Å². The van der Waals surface area contributed by atoms with Gasteiger partial charge < -0.3 is 26.0 Å². The topological polar surface area (TPSA) is 145 Å². The van der Waals surface area contributed by atoms with E-state index in [0.29, 0.717) is 28.5 Å². The summed E-state index contributed by atoms with van der Waals surface area (Å²) in [5, 5.41) is 14.2. The van der Waals surface area contributed by atoms with Crippen molar-refractivity contribution in [1.82, 2.24) is 15.4 Å². The third kappa shape index (κ3) is 4.42. The van der Waals surface area contributed by atoms with Crippen LogP contribution in [0, 0.1) is 5.82 Å². The Bertz CT molecular complexity index is 1390. The molecule has 0 saturated heterocycles. The monoisotopic (exact) mass is 476 g/mol. The molecule has 6 N–H and O–H groups in total. The number of primary amides is 1. The van der Waals surface area contributed by atoms with E-state index in [1.165, 1.54) is 12.1 Å². The van der Waals surface area contributed by atoms with E-state index in [1.807, 2.05) is 6.92 Å². The van der Waals surface area contributed by atoms with Crippen LogP contribution in [0.25, 0.3) is 11.3 Å². The number of carbonyl (C=O) groups excluding carboxylic acids is 1. The first-order valence-corrected chi connectivity index (χ1v) is 11.2. The minimum absolute atomic E-state index is 0.0155.